The van der Waals surface area contributed by atoms with Gasteiger partial charge in [-0.25, -0.2) is 0 Å². The van der Waals surface area contributed by atoms with Gasteiger partial charge < -0.3 is 20.9 Å². The van der Waals surface area contributed by atoms with Crippen LogP contribution in [0, 0.1) is 0 Å². The Bertz CT molecular complexity index is 476. The second kappa shape index (κ2) is 8.76. The van der Waals surface area contributed by atoms with E-state index in [0.717, 1.165) is 0 Å². The number of nitrogens with two attached hydrogens (primary N) is 1. The molecule has 4 N–H and O–H groups in total. The highest BCUT2D eigenvalue weighted by Gasteiger charge is 2.26. The van der Waals surface area contributed by atoms with Crippen molar-refractivity contribution in [1.82, 2.24) is 5.32 Å². The van der Waals surface area contributed by atoms with Crippen LogP contribution in [0.4, 0.5) is 0 Å². The molecular weight excluding hydrogens is 272 g/mol. The Hall–Kier alpha value is -2.34. The van der Waals surface area contributed by atoms with Gasteiger partial charge >= 0.3 is 0 Å². The van der Waals surface area contributed by atoms with Crippen LogP contribution in [0.5, 0.6) is 5.75 Å². The monoisotopic (exact) mass is 292 g/mol. The Labute approximate surface area is 123 Å². The summed E-state index contributed by atoms with van der Waals surface area (Å²) < 4.78 is 5.25. The van der Waals surface area contributed by atoms with Gasteiger partial charge in [-0.2, -0.15) is 0 Å². The minimum absolute atomic E-state index is 0.262. The molecule has 0 aliphatic heterocycles. The van der Waals surface area contributed by atoms with Crippen molar-refractivity contribution in [3.63, 3.8) is 0 Å². The van der Waals surface area contributed by atoms with Gasteiger partial charge in [0.2, 0.25) is 5.91 Å². The quantitative estimate of drug-likeness (QED) is 0.572. The van der Waals surface area contributed by atoms with Crippen LogP contribution in [0.25, 0.3) is 0 Å². The third-order valence-corrected chi connectivity index (χ3v) is 2.79. The highest BCUT2D eigenvalue weighted by molar-refractivity contribution is 5.87. The molecule has 0 heterocycles. The molecule has 0 unspecified atom stereocenters. The first-order valence-electron chi connectivity index (χ1n) is 6.60. The number of ether oxygens (including phenoxy) is 1. The van der Waals surface area contributed by atoms with E-state index in [2.05, 4.69) is 11.9 Å². The van der Waals surface area contributed by atoms with Crippen LogP contribution in [-0.4, -0.2) is 35.7 Å². The molecule has 21 heavy (non-hydrogen) atoms. The Morgan fingerprint density at radius 1 is 1.38 bits per heavy atom. The van der Waals surface area contributed by atoms with E-state index < -0.39 is 24.0 Å². The summed E-state index contributed by atoms with van der Waals surface area (Å²) >= 11 is 0. The molecule has 0 aliphatic rings. The number of nitrogens with one attached hydrogen (secondary N) is 1. The van der Waals surface area contributed by atoms with E-state index in [1.807, 2.05) is 6.07 Å². The van der Waals surface area contributed by atoms with Gasteiger partial charge in [0.05, 0.1) is 6.10 Å². The second-order valence-electron chi connectivity index (χ2n) is 4.48. The lowest BCUT2D eigenvalue weighted by Gasteiger charge is -2.21. The number of primary amides is 1. The topological polar surface area (TPSA) is 102 Å². The van der Waals surface area contributed by atoms with Crippen LogP contribution in [0.1, 0.15) is 12.8 Å². The van der Waals surface area contributed by atoms with Gasteiger partial charge in [0.25, 0.3) is 5.91 Å². The summed E-state index contributed by atoms with van der Waals surface area (Å²) in [5, 5.41) is 12.2. The second-order valence-corrected chi connectivity index (χ2v) is 4.48. The number of allylic oxidation sites excluding steroid dienone is 1. The Morgan fingerprint density at radius 3 is 2.62 bits per heavy atom. The highest BCUT2D eigenvalue weighted by Crippen LogP contribution is 2.08. The predicted octanol–water partition coefficient (Wildman–Crippen LogP) is 0.363. The summed E-state index contributed by atoms with van der Waals surface area (Å²) in [6.07, 6.45) is 1.36. The lowest BCUT2D eigenvalue weighted by atomic mass is 10.1. The summed E-state index contributed by atoms with van der Waals surface area (Å²) in [5.74, 6) is -0.782. The minimum atomic E-state index is -1.14. The molecule has 1 aromatic rings. The predicted molar refractivity (Wildman–Crippen MR) is 78.5 cm³/mol. The average Bonchev–Trinajstić information content (AvgIpc) is 2.49. The lowest BCUT2D eigenvalue weighted by molar-refractivity contribution is -0.131. The van der Waals surface area contributed by atoms with Gasteiger partial charge in [0.1, 0.15) is 11.8 Å². The first kappa shape index (κ1) is 16.7. The molecule has 0 saturated heterocycles. The van der Waals surface area contributed by atoms with Gasteiger partial charge in [-0.15, -0.1) is 6.58 Å². The molecule has 1 aromatic carbocycles. The first-order valence-corrected chi connectivity index (χ1v) is 6.60. The third-order valence-electron chi connectivity index (χ3n) is 2.79. The van der Waals surface area contributed by atoms with Gasteiger partial charge in [-0.1, -0.05) is 24.3 Å². The molecule has 0 fully saturated rings. The molecule has 0 spiro atoms. The molecule has 0 radical (unpaired) electrons. The molecular formula is C15H20N2O4. The first-order chi connectivity index (χ1) is 10.0. The van der Waals surface area contributed by atoms with Crippen molar-refractivity contribution in [2.45, 2.75) is 25.0 Å². The lowest BCUT2D eigenvalue weighted by Crippen LogP contribution is -2.52. The van der Waals surface area contributed by atoms with Crippen molar-refractivity contribution in [1.29, 1.82) is 0 Å². The number of hydrogen-bond donors (Lipinski definition) is 3. The number of aliphatic hydroxyl groups is 1. The van der Waals surface area contributed by atoms with E-state index in [0.29, 0.717) is 12.2 Å². The van der Waals surface area contributed by atoms with E-state index in [-0.39, 0.29) is 13.0 Å². The fourth-order valence-corrected chi connectivity index (χ4v) is 1.69. The van der Waals surface area contributed by atoms with Crippen LogP contribution in [0.15, 0.2) is 43.0 Å². The Balaban J connectivity index is 2.48. The van der Waals surface area contributed by atoms with Crippen LogP contribution in [0.3, 0.4) is 0 Å². The van der Waals surface area contributed by atoms with Gasteiger partial charge in [0, 0.05) is 0 Å². The Morgan fingerprint density at radius 2 is 2.05 bits per heavy atom. The number of rotatable bonds is 9. The minimum Gasteiger partial charge on any atom is -0.484 e. The fraction of sp³-hybridized carbons (Fsp3) is 0.333. The van der Waals surface area contributed by atoms with Crippen molar-refractivity contribution in [2.75, 3.05) is 6.61 Å². The van der Waals surface area contributed by atoms with Crippen LogP contribution < -0.4 is 15.8 Å². The van der Waals surface area contributed by atoms with Crippen LogP contribution in [-0.2, 0) is 9.59 Å². The molecule has 2 atom stereocenters. The third kappa shape index (κ3) is 6.09. The summed E-state index contributed by atoms with van der Waals surface area (Å²) in [6.45, 7) is 3.26. The van der Waals surface area contributed by atoms with E-state index in [1.165, 1.54) is 0 Å². The maximum Gasteiger partial charge on any atom is 0.258 e. The van der Waals surface area contributed by atoms with E-state index in [1.54, 1.807) is 30.3 Å². The molecule has 6 heteroatoms. The molecule has 0 saturated carbocycles. The molecule has 0 bridgehead atoms. The van der Waals surface area contributed by atoms with Gasteiger partial charge in [0.15, 0.2) is 6.61 Å². The van der Waals surface area contributed by atoms with Crippen LogP contribution >= 0.6 is 0 Å². The highest BCUT2D eigenvalue weighted by atomic mass is 16.5. The number of amides is 2. The fourth-order valence-electron chi connectivity index (χ4n) is 1.69. The molecule has 6 nitrogen and oxygen atoms in total. The normalized spacial score (nSPS) is 13.0. The standard InChI is InChI=1S/C15H20N2O4/c1-2-3-9-12(18)14(15(16)20)17-13(19)10-21-11-7-5-4-6-8-11/h2,4-8,12,14,18H,1,3,9-10H2,(H2,16,20)(H,17,19)/t12-,14-/m0/s1. The zero-order valence-electron chi connectivity index (χ0n) is 11.7. The SMILES string of the molecule is C=CCC[C@H](O)[C@H](NC(=O)COc1ccccc1)C(N)=O. The number of benzene rings is 1. The number of carbonyl (C=O) groups excluding carboxylic acids is 2. The van der Waals surface area contributed by atoms with E-state index >= 15 is 0 Å². The number of aliphatic hydroxyl groups excluding tert-OH is 1. The Kier molecular flexibility index (Phi) is 6.97. The van der Waals surface area contributed by atoms with Crippen molar-refractivity contribution in [2.24, 2.45) is 5.73 Å². The average molecular weight is 292 g/mol. The van der Waals surface area contributed by atoms with Crippen LogP contribution in [0.2, 0.25) is 0 Å². The van der Waals surface area contributed by atoms with Crippen molar-refractivity contribution in [3.8, 4) is 5.75 Å². The van der Waals surface area contributed by atoms with E-state index in [4.69, 9.17) is 10.5 Å². The summed E-state index contributed by atoms with van der Waals surface area (Å²) in [4.78, 5) is 23.0. The van der Waals surface area contributed by atoms with Crippen molar-refractivity contribution >= 4 is 11.8 Å². The molecule has 2 amide bonds. The number of carbonyl (C=O) groups is 2. The largest absolute Gasteiger partial charge is 0.484 e. The molecule has 0 aliphatic carbocycles. The maximum absolute atomic E-state index is 11.7. The summed E-state index contributed by atoms with van der Waals surface area (Å²) in [6, 6.07) is 7.65. The summed E-state index contributed by atoms with van der Waals surface area (Å²) in [7, 11) is 0. The number of hydrogen-bond acceptors (Lipinski definition) is 4. The maximum atomic E-state index is 11.7. The van der Waals surface area contributed by atoms with Crippen molar-refractivity contribution in [3.05, 3.63) is 43.0 Å². The summed E-state index contributed by atoms with van der Waals surface area (Å²) in [5.41, 5.74) is 5.18. The zero-order chi connectivity index (χ0) is 15.7. The molecule has 114 valence electrons. The molecule has 0 aromatic heterocycles. The molecule has 1 rings (SSSR count). The van der Waals surface area contributed by atoms with E-state index in [9.17, 15) is 14.7 Å². The van der Waals surface area contributed by atoms with Gasteiger partial charge in [-0.05, 0) is 25.0 Å². The zero-order valence-corrected chi connectivity index (χ0v) is 11.7. The van der Waals surface area contributed by atoms with Crippen molar-refractivity contribution < 1.29 is 19.4 Å². The number of para-hydroxylation sites is 1. The smallest absolute Gasteiger partial charge is 0.258 e. The van der Waals surface area contributed by atoms with Gasteiger partial charge in [-0.3, -0.25) is 9.59 Å².